The smallest absolute Gasteiger partial charge is 0.416 e. The lowest BCUT2D eigenvalue weighted by molar-refractivity contribution is -0.137. The largest absolute Gasteiger partial charge is 0.485 e. The van der Waals surface area contributed by atoms with E-state index in [-0.39, 0.29) is 53.3 Å². The lowest BCUT2D eigenvalue weighted by Crippen LogP contribution is -2.53. The van der Waals surface area contributed by atoms with Gasteiger partial charge in [-0.25, -0.2) is 9.97 Å². The first-order chi connectivity index (χ1) is 28.4. The lowest BCUT2D eigenvalue weighted by Gasteiger charge is -2.41. The van der Waals surface area contributed by atoms with Crippen molar-refractivity contribution in [3.63, 3.8) is 0 Å². The zero-order valence-electron chi connectivity index (χ0n) is 32.3. The average Bonchev–Trinajstić information content (AvgIpc) is 3.88. The van der Waals surface area contributed by atoms with Crippen LogP contribution in [0.4, 0.5) is 24.5 Å². The molecule has 2 saturated heterocycles. The van der Waals surface area contributed by atoms with E-state index < -0.39 is 23.2 Å². The molecule has 18 heteroatoms. The van der Waals surface area contributed by atoms with Gasteiger partial charge in [0.2, 0.25) is 11.7 Å². The second-order valence-electron chi connectivity index (χ2n) is 14.7. The number of ether oxygens (including phenoxy) is 2. The summed E-state index contributed by atoms with van der Waals surface area (Å²) in [6.07, 6.45) is 1.34. The number of alkyl halides is 3. The number of aromatic nitrogens is 6. The standard InChI is InChI=1S/C41H41ClF3N9O5/c1-3-30-35(51-16-7-10-31-32(51)13-17-52(31)38(56)34-36(24(2)46-23-47-34)59-22-25-8-5-4-6-9-25)39(57)54-40(49-37(50-54)26-14-18-58-19-15-26)53(30)21-33(55)48-29-12-11-27(20-28(29)42)41(43,44)45/h4-6,8-9,11-12,14,20,23,31-32H,3,7,10,13,15-19,21-22H2,1-2H3,(H,48,55). The van der Waals surface area contributed by atoms with Crippen LogP contribution >= 0.6 is 11.6 Å². The van der Waals surface area contributed by atoms with Crippen LogP contribution in [-0.2, 0) is 35.3 Å². The molecule has 14 nitrogen and oxygen atoms in total. The summed E-state index contributed by atoms with van der Waals surface area (Å²) in [6.45, 7) is 5.24. The molecule has 8 rings (SSSR count). The molecule has 6 heterocycles. The topological polar surface area (TPSA) is 149 Å². The van der Waals surface area contributed by atoms with Crippen LogP contribution in [0.15, 0.2) is 65.7 Å². The highest BCUT2D eigenvalue weighted by atomic mass is 35.5. The van der Waals surface area contributed by atoms with E-state index in [1.807, 2.05) is 53.1 Å². The van der Waals surface area contributed by atoms with Crippen LogP contribution in [0, 0.1) is 6.92 Å². The molecule has 0 radical (unpaired) electrons. The minimum atomic E-state index is -4.61. The summed E-state index contributed by atoms with van der Waals surface area (Å²) >= 11 is 6.20. The summed E-state index contributed by atoms with van der Waals surface area (Å²) in [6, 6.07) is 11.8. The van der Waals surface area contributed by atoms with Crippen molar-refractivity contribution >= 4 is 46.1 Å². The van der Waals surface area contributed by atoms with Gasteiger partial charge in [0.1, 0.15) is 25.2 Å². The number of fused-ring (bicyclic) bond motifs is 2. The van der Waals surface area contributed by atoms with E-state index in [1.54, 1.807) is 11.5 Å². The molecule has 2 amide bonds. The number of rotatable bonds is 10. The number of aryl methyl sites for hydroxylation is 1. The van der Waals surface area contributed by atoms with E-state index >= 15 is 0 Å². The Hall–Kier alpha value is -5.81. The predicted octanol–water partition coefficient (Wildman–Crippen LogP) is 6.13. The Morgan fingerprint density at radius 1 is 1.07 bits per heavy atom. The monoisotopic (exact) mass is 831 g/mol. The van der Waals surface area contributed by atoms with E-state index in [2.05, 4.69) is 20.4 Å². The third-order valence-electron chi connectivity index (χ3n) is 11.1. The average molecular weight is 832 g/mol. The summed E-state index contributed by atoms with van der Waals surface area (Å²) in [5.74, 6) is -0.126. The van der Waals surface area contributed by atoms with E-state index in [0.717, 1.165) is 29.3 Å². The number of amides is 2. The number of halogens is 4. The highest BCUT2D eigenvalue weighted by Crippen LogP contribution is 2.37. The Morgan fingerprint density at radius 2 is 1.88 bits per heavy atom. The van der Waals surface area contributed by atoms with Crippen molar-refractivity contribution in [2.45, 2.75) is 77.4 Å². The van der Waals surface area contributed by atoms with Crippen molar-refractivity contribution in [1.82, 2.24) is 34.0 Å². The highest BCUT2D eigenvalue weighted by molar-refractivity contribution is 6.33. The number of nitrogens with one attached hydrogen (secondary N) is 1. The molecule has 0 saturated carbocycles. The quantitative estimate of drug-likeness (QED) is 0.174. The fraction of sp³-hybridized carbons (Fsp3) is 0.390. The van der Waals surface area contributed by atoms with E-state index in [9.17, 15) is 27.6 Å². The van der Waals surface area contributed by atoms with Gasteiger partial charge in [-0.15, -0.1) is 5.10 Å². The summed E-state index contributed by atoms with van der Waals surface area (Å²) < 4.78 is 54.5. The SMILES string of the molecule is CCc1c(N2CCCC3C2CCN3C(=O)c2ncnc(C)c2OCc2ccccc2)c(=O)n2nc(C3=CCOCC3)nc2n1CC(=O)Nc1ccc(C(F)(F)F)cc1Cl. The molecule has 2 unspecified atom stereocenters. The summed E-state index contributed by atoms with van der Waals surface area (Å²) in [5.41, 5.74) is 1.91. The molecule has 308 valence electrons. The minimum Gasteiger partial charge on any atom is -0.485 e. The first-order valence-electron chi connectivity index (χ1n) is 19.4. The Balaban J connectivity index is 1.14. The fourth-order valence-electron chi connectivity index (χ4n) is 8.26. The molecule has 1 N–H and O–H groups in total. The van der Waals surface area contributed by atoms with Crippen molar-refractivity contribution in [2.24, 2.45) is 0 Å². The molecule has 3 aromatic heterocycles. The zero-order valence-corrected chi connectivity index (χ0v) is 33.1. The Morgan fingerprint density at radius 3 is 2.61 bits per heavy atom. The third kappa shape index (κ3) is 7.88. The first kappa shape index (κ1) is 40.0. The number of nitrogens with zero attached hydrogens (tertiary/aromatic N) is 8. The van der Waals surface area contributed by atoms with E-state index in [1.165, 1.54) is 10.8 Å². The summed E-state index contributed by atoms with van der Waals surface area (Å²) in [7, 11) is 0. The van der Waals surface area contributed by atoms with Crippen LogP contribution in [0.1, 0.15) is 71.4 Å². The van der Waals surface area contributed by atoms with Crippen LogP contribution in [-0.4, -0.2) is 84.2 Å². The molecular weight excluding hydrogens is 791 g/mol. The lowest BCUT2D eigenvalue weighted by atomic mass is 9.95. The third-order valence-corrected chi connectivity index (χ3v) is 11.4. The van der Waals surface area contributed by atoms with Crippen LogP contribution < -0.4 is 20.5 Å². The summed E-state index contributed by atoms with van der Waals surface area (Å²) in [4.78, 5) is 60.2. The molecular formula is C41H41ClF3N9O5. The maximum absolute atomic E-state index is 14.7. The van der Waals surface area contributed by atoms with E-state index in [4.69, 9.17) is 26.1 Å². The number of carbonyl (C=O) groups is 2. The molecule has 0 spiro atoms. The van der Waals surface area contributed by atoms with Crippen molar-refractivity contribution in [3.05, 3.63) is 110 Å². The number of likely N-dealkylation sites (tertiary alicyclic amines) is 1. The molecule has 5 aromatic rings. The Bertz CT molecular complexity index is 2510. The van der Waals surface area contributed by atoms with Crippen LogP contribution in [0.2, 0.25) is 5.02 Å². The van der Waals surface area contributed by atoms with Gasteiger partial charge in [0.05, 0.1) is 53.0 Å². The van der Waals surface area contributed by atoms with Gasteiger partial charge in [0.25, 0.3) is 11.5 Å². The number of anilines is 2. The number of piperidine rings is 1. The van der Waals surface area contributed by atoms with Gasteiger partial charge in [-0.2, -0.15) is 22.7 Å². The van der Waals surface area contributed by atoms with Crippen molar-refractivity contribution in [2.75, 3.05) is 36.5 Å². The Labute approximate surface area is 341 Å². The molecule has 2 fully saturated rings. The molecule has 3 aliphatic rings. The zero-order chi connectivity index (χ0) is 41.4. The number of hydrogen-bond acceptors (Lipinski definition) is 10. The van der Waals surface area contributed by atoms with Gasteiger partial charge in [-0.3, -0.25) is 14.4 Å². The van der Waals surface area contributed by atoms with Gasteiger partial charge in [0, 0.05) is 13.1 Å². The van der Waals surface area contributed by atoms with Gasteiger partial charge < -0.3 is 29.2 Å². The maximum Gasteiger partial charge on any atom is 0.416 e. The second-order valence-corrected chi connectivity index (χ2v) is 15.1. The van der Waals surface area contributed by atoms with E-state index in [0.29, 0.717) is 87.1 Å². The molecule has 2 atom stereocenters. The molecule has 3 aliphatic heterocycles. The maximum atomic E-state index is 14.7. The van der Waals surface area contributed by atoms with Crippen molar-refractivity contribution < 1.29 is 32.2 Å². The van der Waals surface area contributed by atoms with Gasteiger partial charge in [-0.1, -0.05) is 54.9 Å². The van der Waals surface area contributed by atoms with Gasteiger partial charge >= 0.3 is 6.18 Å². The van der Waals surface area contributed by atoms with Gasteiger partial charge in [-0.05, 0) is 68.4 Å². The number of hydrogen-bond donors (Lipinski definition) is 1. The second kappa shape index (κ2) is 16.4. The molecule has 0 aliphatic carbocycles. The normalized spacial score (nSPS) is 18.2. The predicted molar refractivity (Wildman–Crippen MR) is 212 cm³/mol. The summed E-state index contributed by atoms with van der Waals surface area (Å²) in [5, 5.41) is 7.01. The number of benzene rings is 2. The van der Waals surface area contributed by atoms with Gasteiger partial charge in [0.15, 0.2) is 17.3 Å². The van der Waals surface area contributed by atoms with Crippen LogP contribution in [0.5, 0.6) is 5.75 Å². The highest BCUT2D eigenvalue weighted by Gasteiger charge is 2.45. The first-order valence-corrected chi connectivity index (χ1v) is 19.8. The van der Waals surface area contributed by atoms with Crippen LogP contribution in [0.3, 0.4) is 0 Å². The van der Waals surface area contributed by atoms with Crippen molar-refractivity contribution in [1.29, 1.82) is 0 Å². The number of carbonyl (C=O) groups excluding carboxylic acids is 2. The van der Waals surface area contributed by atoms with Crippen molar-refractivity contribution in [3.8, 4) is 5.75 Å². The molecule has 59 heavy (non-hydrogen) atoms. The fourth-order valence-corrected chi connectivity index (χ4v) is 8.49. The Kier molecular flexibility index (Phi) is 11.1. The minimum absolute atomic E-state index is 0.00314. The van der Waals surface area contributed by atoms with Crippen LogP contribution in [0.25, 0.3) is 11.4 Å². The molecule has 0 bridgehead atoms. The molecule has 2 aromatic carbocycles.